The number of rotatable bonds is 7. The highest BCUT2D eigenvalue weighted by atomic mass is 16.5. The lowest BCUT2D eigenvalue weighted by atomic mass is 9.70. The van der Waals surface area contributed by atoms with Crippen molar-refractivity contribution in [2.75, 3.05) is 10.6 Å². The van der Waals surface area contributed by atoms with Gasteiger partial charge in [-0.1, -0.05) is 85.9 Å². The Morgan fingerprint density at radius 1 is 0.925 bits per heavy atom. The van der Waals surface area contributed by atoms with E-state index in [0.29, 0.717) is 17.1 Å². The molecule has 4 aromatic rings. The lowest BCUT2D eigenvalue weighted by molar-refractivity contribution is -0.143. The molecule has 1 aliphatic rings. The largest absolute Gasteiger partial charge is 0.480 e. The number of carbonyl (C=O) groups is 3. The molecule has 3 amide bonds. The first kappa shape index (κ1) is 26.9. The molecular formula is C31H32N4O5. The van der Waals surface area contributed by atoms with Crippen LogP contribution in [0.15, 0.2) is 71.3 Å². The predicted molar refractivity (Wildman–Crippen MR) is 153 cm³/mol. The molecule has 0 unspecified atom stereocenters. The van der Waals surface area contributed by atoms with E-state index in [2.05, 4.69) is 21.1 Å². The fraction of sp³-hybridized carbons (Fsp3) is 0.290. The minimum absolute atomic E-state index is 0.171. The van der Waals surface area contributed by atoms with Gasteiger partial charge in [-0.25, -0.2) is 9.59 Å². The quantitative estimate of drug-likeness (QED) is 0.209. The van der Waals surface area contributed by atoms with Crippen LogP contribution in [0.3, 0.4) is 0 Å². The molecule has 40 heavy (non-hydrogen) atoms. The number of carboxylic acid groups (broad SMARTS) is 1. The van der Waals surface area contributed by atoms with Crippen molar-refractivity contribution in [1.82, 2.24) is 10.5 Å². The van der Waals surface area contributed by atoms with Crippen molar-refractivity contribution < 1.29 is 24.0 Å². The average molecular weight is 541 g/mol. The summed E-state index contributed by atoms with van der Waals surface area (Å²) in [6.45, 7) is 3.62. The van der Waals surface area contributed by atoms with Crippen LogP contribution in [0.25, 0.3) is 22.0 Å². The second-order valence-corrected chi connectivity index (χ2v) is 10.6. The van der Waals surface area contributed by atoms with Crippen LogP contribution >= 0.6 is 0 Å². The van der Waals surface area contributed by atoms with Gasteiger partial charge in [-0.3, -0.25) is 4.79 Å². The summed E-state index contributed by atoms with van der Waals surface area (Å²) in [5, 5.41) is 24.1. The van der Waals surface area contributed by atoms with Crippen molar-refractivity contribution in [1.29, 1.82) is 0 Å². The topological polar surface area (TPSA) is 134 Å². The number of benzene rings is 3. The zero-order valence-corrected chi connectivity index (χ0v) is 22.5. The average Bonchev–Trinajstić information content (AvgIpc) is 3.31. The van der Waals surface area contributed by atoms with E-state index in [4.69, 9.17) is 4.52 Å². The van der Waals surface area contributed by atoms with Crippen molar-refractivity contribution in [2.45, 2.75) is 52.0 Å². The van der Waals surface area contributed by atoms with Crippen LogP contribution in [0, 0.1) is 12.3 Å². The van der Waals surface area contributed by atoms with Gasteiger partial charge in [0.1, 0.15) is 17.4 Å². The van der Waals surface area contributed by atoms with Crippen LogP contribution in [-0.2, 0) is 4.79 Å². The fourth-order valence-corrected chi connectivity index (χ4v) is 5.50. The molecule has 9 nitrogen and oxygen atoms in total. The van der Waals surface area contributed by atoms with Crippen LogP contribution in [0.4, 0.5) is 16.2 Å². The number of amides is 3. The lowest BCUT2D eigenvalue weighted by Gasteiger charge is -2.38. The number of urea groups is 1. The zero-order chi connectivity index (χ0) is 28.3. The van der Waals surface area contributed by atoms with Gasteiger partial charge in [0.25, 0.3) is 5.91 Å². The molecular weight excluding hydrogens is 508 g/mol. The first-order valence-corrected chi connectivity index (χ1v) is 13.4. The number of fused-ring (bicyclic) bond motifs is 1. The van der Waals surface area contributed by atoms with Gasteiger partial charge in [-0.15, -0.1) is 0 Å². The van der Waals surface area contributed by atoms with Crippen LogP contribution in [0.5, 0.6) is 0 Å². The number of hydrogen-bond acceptors (Lipinski definition) is 5. The van der Waals surface area contributed by atoms with E-state index < -0.39 is 29.4 Å². The van der Waals surface area contributed by atoms with Gasteiger partial charge in [-0.2, -0.15) is 0 Å². The number of aromatic nitrogens is 1. The second-order valence-electron chi connectivity index (χ2n) is 10.6. The van der Waals surface area contributed by atoms with Crippen molar-refractivity contribution in [3.63, 3.8) is 0 Å². The van der Waals surface area contributed by atoms with E-state index in [1.54, 1.807) is 19.1 Å². The van der Waals surface area contributed by atoms with Crippen LogP contribution < -0.4 is 16.0 Å². The summed E-state index contributed by atoms with van der Waals surface area (Å²) in [4.78, 5) is 39.2. The summed E-state index contributed by atoms with van der Waals surface area (Å²) in [7, 11) is 0. The van der Waals surface area contributed by atoms with Gasteiger partial charge < -0.3 is 25.6 Å². The molecule has 0 spiro atoms. The smallest absolute Gasteiger partial charge is 0.326 e. The summed E-state index contributed by atoms with van der Waals surface area (Å²) in [5.74, 6) is -1.20. The molecule has 3 aromatic carbocycles. The number of carboxylic acids is 1. The van der Waals surface area contributed by atoms with E-state index in [0.717, 1.165) is 48.4 Å². The van der Waals surface area contributed by atoms with Gasteiger partial charge in [-0.05, 0) is 48.1 Å². The van der Waals surface area contributed by atoms with E-state index in [-0.39, 0.29) is 11.3 Å². The van der Waals surface area contributed by atoms with Gasteiger partial charge in [0, 0.05) is 5.56 Å². The number of nitrogens with zero attached hydrogens (tertiary/aromatic N) is 1. The van der Waals surface area contributed by atoms with Crippen LogP contribution in [0.2, 0.25) is 0 Å². The van der Waals surface area contributed by atoms with E-state index in [9.17, 15) is 19.5 Å². The molecule has 1 saturated carbocycles. The third-order valence-corrected chi connectivity index (χ3v) is 7.74. The van der Waals surface area contributed by atoms with Gasteiger partial charge in [0.2, 0.25) is 0 Å². The number of aryl methyl sites for hydroxylation is 1. The Morgan fingerprint density at radius 2 is 1.57 bits per heavy atom. The normalized spacial score (nSPS) is 15.2. The molecule has 0 bridgehead atoms. The molecule has 206 valence electrons. The van der Waals surface area contributed by atoms with Crippen LogP contribution in [-0.4, -0.2) is 34.2 Å². The molecule has 4 N–H and O–H groups in total. The number of aliphatic carboxylic acids is 1. The highest BCUT2D eigenvalue weighted by Gasteiger charge is 2.41. The minimum Gasteiger partial charge on any atom is -0.480 e. The fourth-order valence-electron chi connectivity index (χ4n) is 5.50. The Bertz CT molecular complexity index is 1560. The third-order valence-electron chi connectivity index (χ3n) is 7.74. The number of hydrogen-bond donors (Lipinski definition) is 4. The van der Waals surface area contributed by atoms with Crippen molar-refractivity contribution in [3.05, 3.63) is 78.1 Å². The van der Waals surface area contributed by atoms with E-state index in [1.807, 2.05) is 61.5 Å². The number of carbonyl (C=O) groups excluding carboxylic acids is 2. The molecule has 0 radical (unpaired) electrons. The lowest BCUT2D eigenvalue weighted by Crippen LogP contribution is -2.52. The summed E-state index contributed by atoms with van der Waals surface area (Å²) in [6.07, 6.45) is 4.34. The summed E-state index contributed by atoms with van der Waals surface area (Å²) in [5.41, 5.74) is 1.53. The Hall–Kier alpha value is -4.66. The SMILES string of the molecule is Cc1onc(-c2ccccc2)c1NC(=O)Nc1cc2ccccc2cc1C(=O)N[C@H](C(=O)O)C1(C)CCCCC1. The molecule has 1 fully saturated rings. The molecule has 0 aliphatic heterocycles. The Labute approximate surface area is 231 Å². The molecule has 1 atom stereocenters. The van der Waals surface area contributed by atoms with Gasteiger partial charge in [0.15, 0.2) is 5.76 Å². The maximum atomic E-state index is 13.6. The molecule has 9 heteroatoms. The van der Waals surface area contributed by atoms with Crippen molar-refractivity contribution >= 4 is 40.1 Å². The first-order chi connectivity index (χ1) is 19.2. The summed E-state index contributed by atoms with van der Waals surface area (Å²) < 4.78 is 5.34. The van der Waals surface area contributed by atoms with Crippen molar-refractivity contribution in [3.8, 4) is 11.3 Å². The molecule has 0 saturated heterocycles. The highest BCUT2D eigenvalue weighted by Crippen LogP contribution is 2.39. The Kier molecular flexibility index (Phi) is 7.55. The Morgan fingerprint density at radius 3 is 2.25 bits per heavy atom. The maximum absolute atomic E-state index is 13.6. The first-order valence-electron chi connectivity index (χ1n) is 13.4. The highest BCUT2D eigenvalue weighted by molar-refractivity contribution is 6.11. The predicted octanol–water partition coefficient (Wildman–Crippen LogP) is 6.60. The minimum atomic E-state index is -1.07. The molecule has 1 aromatic heterocycles. The van der Waals surface area contributed by atoms with Crippen LogP contribution in [0.1, 0.15) is 55.1 Å². The zero-order valence-electron chi connectivity index (χ0n) is 22.5. The maximum Gasteiger partial charge on any atom is 0.326 e. The monoisotopic (exact) mass is 540 g/mol. The summed E-state index contributed by atoms with van der Waals surface area (Å²) >= 11 is 0. The molecule has 5 rings (SSSR count). The number of nitrogens with one attached hydrogen (secondary N) is 3. The van der Waals surface area contributed by atoms with Crippen molar-refractivity contribution in [2.24, 2.45) is 5.41 Å². The Balaban J connectivity index is 1.44. The van der Waals surface area contributed by atoms with Gasteiger partial charge >= 0.3 is 12.0 Å². The molecule has 1 heterocycles. The number of anilines is 2. The van der Waals surface area contributed by atoms with E-state index in [1.165, 1.54) is 0 Å². The molecule has 1 aliphatic carbocycles. The second kappa shape index (κ2) is 11.2. The standard InChI is InChI=1S/C31H32N4O5/c1-19-25(26(35-40-19)20-11-5-3-6-12-20)33-30(39)32-24-18-22-14-8-7-13-21(22)17-23(24)28(36)34-27(29(37)38)31(2)15-9-4-10-16-31/h3,5-8,11-14,17-18,27H,4,9-10,15-16H2,1-2H3,(H,34,36)(H,37,38)(H2,32,33,39)/t27-/m1/s1. The summed E-state index contributed by atoms with van der Waals surface area (Å²) in [6, 6.07) is 18.5. The van der Waals surface area contributed by atoms with Gasteiger partial charge in [0.05, 0.1) is 11.3 Å². The third kappa shape index (κ3) is 5.54. The van der Waals surface area contributed by atoms with E-state index >= 15 is 0 Å².